The minimum atomic E-state index is -3.53. The number of piperazine rings is 1. The Labute approximate surface area is 173 Å². The van der Waals surface area contributed by atoms with Crippen LogP contribution >= 0.6 is 15.9 Å². The number of amides is 1. The van der Waals surface area contributed by atoms with Gasteiger partial charge in [0.1, 0.15) is 4.90 Å². The standard InChI is InChI=1S/C19H23BrN4O3S/c1-15(16-4-6-17(20)7-5-16)22-19(25)14-23-9-11-24(12-10-23)28(26,27)18-3-2-8-21-13-18/h2-8,13,15H,9-12,14H2,1H3,(H,22,25). The van der Waals surface area contributed by atoms with Crippen LogP contribution in [0.5, 0.6) is 0 Å². The second-order valence-electron chi connectivity index (χ2n) is 6.71. The zero-order valence-electron chi connectivity index (χ0n) is 15.6. The number of hydrogen-bond donors (Lipinski definition) is 1. The summed E-state index contributed by atoms with van der Waals surface area (Å²) in [4.78, 5) is 18.4. The molecule has 1 fully saturated rings. The van der Waals surface area contributed by atoms with E-state index in [-0.39, 0.29) is 23.4 Å². The number of aromatic nitrogens is 1. The number of pyridine rings is 1. The van der Waals surface area contributed by atoms with E-state index in [1.54, 1.807) is 18.3 Å². The van der Waals surface area contributed by atoms with Crippen molar-refractivity contribution in [3.63, 3.8) is 0 Å². The van der Waals surface area contributed by atoms with E-state index in [1.807, 2.05) is 36.1 Å². The van der Waals surface area contributed by atoms with E-state index < -0.39 is 10.0 Å². The number of carbonyl (C=O) groups excluding carboxylic acids is 1. The van der Waals surface area contributed by atoms with Gasteiger partial charge < -0.3 is 5.32 Å². The van der Waals surface area contributed by atoms with E-state index in [0.29, 0.717) is 26.2 Å². The molecule has 1 amide bonds. The Balaban J connectivity index is 1.50. The van der Waals surface area contributed by atoms with Gasteiger partial charge in [0.05, 0.1) is 12.6 Å². The highest BCUT2D eigenvalue weighted by molar-refractivity contribution is 9.10. The van der Waals surface area contributed by atoms with Crippen LogP contribution in [0.25, 0.3) is 0 Å². The van der Waals surface area contributed by atoms with Crippen molar-refractivity contribution in [2.24, 2.45) is 0 Å². The largest absolute Gasteiger partial charge is 0.348 e. The molecular formula is C19H23BrN4O3S. The van der Waals surface area contributed by atoms with Crippen LogP contribution in [0.1, 0.15) is 18.5 Å². The Morgan fingerprint density at radius 1 is 1.18 bits per heavy atom. The maximum atomic E-state index is 12.6. The van der Waals surface area contributed by atoms with Gasteiger partial charge in [-0.25, -0.2) is 8.42 Å². The molecule has 9 heteroatoms. The van der Waals surface area contributed by atoms with Crippen LogP contribution in [0.4, 0.5) is 0 Å². The van der Waals surface area contributed by atoms with Gasteiger partial charge in [-0.3, -0.25) is 14.7 Å². The molecule has 0 aliphatic carbocycles. The molecule has 1 unspecified atom stereocenters. The van der Waals surface area contributed by atoms with Gasteiger partial charge in [-0.15, -0.1) is 0 Å². The van der Waals surface area contributed by atoms with Gasteiger partial charge in [-0.1, -0.05) is 28.1 Å². The molecule has 0 bridgehead atoms. The third kappa shape index (κ3) is 5.16. The fourth-order valence-corrected chi connectivity index (χ4v) is 4.75. The number of hydrogen-bond acceptors (Lipinski definition) is 5. The molecule has 1 N–H and O–H groups in total. The predicted octanol–water partition coefficient (Wildman–Crippen LogP) is 2.03. The predicted molar refractivity (Wildman–Crippen MR) is 110 cm³/mol. The summed E-state index contributed by atoms with van der Waals surface area (Å²) in [6.07, 6.45) is 2.91. The Bertz CT molecular complexity index is 899. The number of nitrogens with one attached hydrogen (secondary N) is 1. The molecule has 1 aromatic carbocycles. The van der Waals surface area contributed by atoms with Gasteiger partial charge >= 0.3 is 0 Å². The van der Waals surface area contributed by atoms with E-state index >= 15 is 0 Å². The minimum Gasteiger partial charge on any atom is -0.348 e. The number of nitrogens with zero attached hydrogens (tertiary/aromatic N) is 3. The van der Waals surface area contributed by atoms with Crippen LogP contribution in [0.2, 0.25) is 0 Å². The molecule has 150 valence electrons. The summed E-state index contributed by atoms with van der Waals surface area (Å²) in [6, 6.07) is 10.9. The normalized spacial score (nSPS) is 17.2. The lowest BCUT2D eigenvalue weighted by Crippen LogP contribution is -2.51. The third-order valence-electron chi connectivity index (χ3n) is 4.72. The minimum absolute atomic E-state index is 0.0704. The Morgan fingerprint density at radius 3 is 2.46 bits per heavy atom. The molecule has 28 heavy (non-hydrogen) atoms. The summed E-state index contributed by atoms with van der Waals surface area (Å²) >= 11 is 3.40. The summed E-state index contributed by atoms with van der Waals surface area (Å²) in [7, 11) is -3.53. The van der Waals surface area contributed by atoms with E-state index in [2.05, 4.69) is 26.2 Å². The second kappa shape index (κ2) is 9.13. The number of rotatable bonds is 6. The summed E-state index contributed by atoms with van der Waals surface area (Å²) in [5.41, 5.74) is 1.03. The molecule has 3 rings (SSSR count). The van der Waals surface area contributed by atoms with Crippen LogP contribution in [0.15, 0.2) is 58.2 Å². The SMILES string of the molecule is CC(NC(=O)CN1CCN(S(=O)(=O)c2cccnc2)CC1)c1ccc(Br)cc1. The number of halogens is 1. The quantitative estimate of drug-likeness (QED) is 0.703. The third-order valence-corrected chi connectivity index (χ3v) is 7.13. The number of sulfonamides is 1. The fraction of sp³-hybridized carbons (Fsp3) is 0.368. The average molecular weight is 467 g/mol. The molecule has 0 radical (unpaired) electrons. The number of benzene rings is 1. The fourth-order valence-electron chi connectivity index (χ4n) is 3.10. The molecule has 7 nitrogen and oxygen atoms in total. The van der Waals surface area contributed by atoms with Crippen molar-refractivity contribution in [1.82, 2.24) is 19.5 Å². The first-order valence-corrected chi connectivity index (χ1v) is 11.3. The van der Waals surface area contributed by atoms with Gasteiger partial charge in [0.2, 0.25) is 15.9 Å². The van der Waals surface area contributed by atoms with Crippen LogP contribution in [0, 0.1) is 0 Å². The maximum Gasteiger partial charge on any atom is 0.244 e. The first-order chi connectivity index (χ1) is 13.4. The highest BCUT2D eigenvalue weighted by atomic mass is 79.9. The first-order valence-electron chi connectivity index (χ1n) is 9.03. The average Bonchev–Trinajstić information content (AvgIpc) is 2.69. The Morgan fingerprint density at radius 2 is 1.86 bits per heavy atom. The van der Waals surface area contributed by atoms with Crippen molar-refractivity contribution in [3.8, 4) is 0 Å². The number of carbonyl (C=O) groups is 1. The van der Waals surface area contributed by atoms with E-state index in [4.69, 9.17) is 0 Å². The first kappa shape index (κ1) is 20.9. The summed E-state index contributed by atoms with van der Waals surface area (Å²) in [5.74, 6) is -0.0704. The summed E-state index contributed by atoms with van der Waals surface area (Å²) < 4.78 is 27.7. The van der Waals surface area contributed by atoms with Crippen LogP contribution in [-0.4, -0.2) is 61.2 Å². The lowest BCUT2D eigenvalue weighted by atomic mass is 10.1. The zero-order chi connectivity index (χ0) is 20.1. The van der Waals surface area contributed by atoms with Crippen molar-refractivity contribution >= 4 is 31.9 Å². The van der Waals surface area contributed by atoms with Crippen molar-refractivity contribution < 1.29 is 13.2 Å². The van der Waals surface area contributed by atoms with Gasteiger partial charge in [0.15, 0.2) is 0 Å². The van der Waals surface area contributed by atoms with Crippen molar-refractivity contribution in [2.45, 2.75) is 17.9 Å². The molecular weight excluding hydrogens is 444 g/mol. The molecule has 1 aromatic heterocycles. The summed E-state index contributed by atoms with van der Waals surface area (Å²) in [5, 5.41) is 2.99. The molecule has 1 aliphatic heterocycles. The highest BCUT2D eigenvalue weighted by Gasteiger charge is 2.29. The Hall–Kier alpha value is -1.81. The molecule has 0 saturated carbocycles. The lowest BCUT2D eigenvalue weighted by Gasteiger charge is -2.33. The zero-order valence-corrected chi connectivity index (χ0v) is 18.0. The molecule has 2 aromatic rings. The van der Waals surface area contributed by atoms with Gasteiger partial charge in [-0.2, -0.15) is 4.31 Å². The molecule has 1 aliphatic rings. The van der Waals surface area contributed by atoms with Crippen molar-refractivity contribution in [1.29, 1.82) is 0 Å². The monoisotopic (exact) mass is 466 g/mol. The topological polar surface area (TPSA) is 82.6 Å². The molecule has 1 saturated heterocycles. The van der Waals surface area contributed by atoms with Gasteiger partial charge in [0, 0.05) is 43.0 Å². The highest BCUT2D eigenvalue weighted by Crippen LogP contribution is 2.18. The molecule has 0 spiro atoms. The van der Waals surface area contributed by atoms with Gasteiger partial charge in [-0.05, 0) is 36.8 Å². The lowest BCUT2D eigenvalue weighted by molar-refractivity contribution is -0.123. The van der Waals surface area contributed by atoms with Gasteiger partial charge in [0.25, 0.3) is 0 Å². The maximum absolute atomic E-state index is 12.6. The summed E-state index contributed by atoms with van der Waals surface area (Å²) in [6.45, 7) is 3.93. The van der Waals surface area contributed by atoms with Crippen molar-refractivity contribution in [3.05, 3.63) is 58.8 Å². The van der Waals surface area contributed by atoms with E-state index in [9.17, 15) is 13.2 Å². The van der Waals surface area contributed by atoms with E-state index in [1.165, 1.54) is 10.5 Å². The smallest absolute Gasteiger partial charge is 0.244 e. The molecule has 2 heterocycles. The van der Waals surface area contributed by atoms with Crippen LogP contribution in [0.3, 0.4) is 0 Å². The Kier molecular flexibility index (Phi) is 6.82. The van der Waals surface area contributed by atoms with E-state index in [0.717, 1.165) is 10.0 Å². The van der Waals surface area contributed by atoms with Crippen LogP contribution in [-0.2, 0) is 14.8 Å². The van der Waals surface area contributed by atoms with Crippen LogP contribution < -0.4 is 5.32 Å². The molecule has 1 atom stereocenters. The van der Waals surface area contributed by atoms with Crippen molar-refractivity contribution in [2.75, 3.05) is 32.7 Å². The second-order valence-corrected chi connectivity index (χ2v) is 9.56.